The molecular formula is C17H20ClNO3S. The second-order valence-electron chi connectivity index (χ2n) is 5.13. The van der Waals surface area contributed by atoms with Crippen LogP contribution in [0.2, 0.25) is 5.02 Å². The minimum absolute atomic E-state index is 0.211. The van der Waals surface area contributed by atoms with Crippen molar-refractivity contribution in [2.45, 2.75) is 24.7 Å². The normalized spacial score (nSPS) is 11.3. The molecule has 0 bridgehead atoms. The van der Waals surface area contributed by atoms with E-state index in [1.165, 1.54) is 11.4 Å². The number of hydrogen-bond acceptors (Lipinski definition) is 3. The van der Waals surface area contributed by atoms with Gasteiger partial charge in [-0.3, -0.25) is 4.31 Å². The summed E-state index contributed by atoms with van der Waals surface area (Å²) in [7, 11) is -2.12. The third-order valence-electron chi connectivity index (χ3n) is 3.42. The largest absolute Gasteiger partial charge is 0.494 e. The molecule has 124 valence electrons. The molecule has 0 atom stereocenters. The van der Waals surface area contributed by atoms with Crippen LogP contribution in [0.3, 0.4) is 0 Å². The highest BCUT2D eigenvalue weighted by atomic mass is 35.5. The minimum atomic E-state index is -3.63. The predicted octanol–water partition coefficient (Wildman–Crippen LogP) is 4.34. The zero-order chi connectivity index (χ0) is 16.9. The first kappa shape index (κ1) is 17.6. The summed E-state index contributed by atoms with van der Waals surface area (Å²) in [6.45, 7) is 2.72. The van der Waals surface area contributed by atoms with E-state index >= 15 is 0 Å². The third-order valence-corrected chi connectivity index (χ3v) is 5.46. The first-order chi connectivity index (χ1) is 10.9. The second-order valence-corrected chi connectivity index (χ2v) is 7.53. The molecule has 0 saturated heterocycles. The van der Waals surface area contributed by atoms with Gasteiger partial charge in [-0.2, -0.15) is 0 Å². The van der Waals surface area contributed by atoms with Crippen molar-refractivity contribution in [1.29, 1.82) is 0 Å². The van der Waals surface area contributed by atoms with E-state index in [1.807, 2.05) is 0 Å². The summed E-state index contributed by atoms with van der Waals surface area (Å²) in [6.07, 6.45) is 2.02. The number of hydrogen-bond donors (Lipinski definition) is 0. The Bertz CT molecular complexity index is 745. The fraction of sp³-hybridized carbons (Fsp3) is 0.294. The average molecular weight is 354 g/mol. The van der Waals surface area contributed by atoms with E-state index in [2.05, 4.69) is 6.92 Å². The number of benzene rings is 2. The monoisotopic (exact) mass is 353 g/mol. The van der Waals surface area contributed by atoms with Crippen molar-refractivity contribution in [2.75, 3.05) is 18.0 Å². The number of nitrogens with zero attached hydrogens (tertiary/aromatic N) is 1. The second kappa shape index (κ2) is 7.70. The van der Waals surface area contributed by atoms with Crippen molar-refractivity contribution in [3.63, 3.8) is 0 Å². The molecule has 0 heterocycles. The molecule has 0 saturated carbocycles. The Morgan fingerprint density at radius 1 is 1.13 bits per heavy atom. The molecule has 6 heteroatoms. The molecule has 0 spiro atoms. The van der Waals surface area contributed by atoms with Crippen LogP contribution in [0, 0.1) is 0 Å². The van der Waals surface area contributed by atoms with Gasteiger partial charge in [-0.25, -0.2) is 8.42 Å². The quantitative estimate of drug-likeness (QED) is 0.695. The van der Waals surface area contributed by atoms with Crippen LogP contribution in [0.1, 0.15) is 19.8 Å². The van der Waals surface area contributed by atoms with Gasteiger partial charge in [0.25, 0.3) is 10.0 Å². The number of anilines is 1. The van der Waals surface area contributed by atoms with E-state index in [-0.39, 0.29) is 4.90 Å². The summed E-state index contributed by atoms with van der Waals surface area (Å²) in [4.78, 5) is 0.211. The standard InChI is InChI=1S/C17H20ClNO3S/c1-3-4-12-22-16-8-10-17(11-9-16)23(20,21)19(2)15-7-5-6-14(18)13-15/h5-11,13H,3-4,12H2,1-2H3. The van der Waals surface area contributed by atoms with Crippen LogP contribution < -0.4 is 9.04 Å². The first-order valence-electron chi connectivity index (χ1n) is 7.42. The number of rotatable bonds is 7. The van der Waals surface area contributed by atoms with Crippen molar-refractivity contribution >= 4 is 27.3 Å². The maximum atomic E-state index is 12.7. The highest BCUT2D eigenvalue weighted by Gasteiger charge is 2.21. The van der Waals surface area contributed by atoms with E-state index in [1.54, 1.807) is 48.5 Å². The molecule has 0 aromatic heterocycles. The molecule has 0 amide bonds. The van der Waals surface area contributed by atoms with Gasteiger partial charge in [0, 0.05) is 12.1 Å². The van der Waals surface area contributed by atoms with E-state index in [0.717, 1.165) is 12.8 Å². The van der Waals surface area contributed by atoms with Crippen molar-refractivity contribution in [1.82, 2.24) is 0 Å². The highest BCUT2D eigenvalue weighted by Crippen LogP contribution is 2.25. The molecule has 2 rings (SSSR count). The lowest BCUT2D eigenvalue weighted by Gasteiger charge is -2.20. The summed E-state index contributed by atoms with van der Waals surface area (Å²) in [5.41, 5.74) is 0.515. The summed E-state index contributed by atoms with van der Waals surface area (Å²) < 4.78 is 32.1. The predicted molar refractivity (Wildman–Crippen MR) is 93.9 cm³/mol. The van der Waals surface area contributed by atoms with Gasteiger partial charge in [-0.1, -0.05) is 31.0 Å². The molecule has 0 aliphatic rings. The molecule has 23 heavy (non-hydrogen) atoms. The fourth-order valence-corrected chi connectivity index (χ4v) is 3.38. The molecular weight excluding hydrogens is 334 g/mol. The SMILES string of the molecule is CCCCOc1ccc(S(=O)(=O)N(C)c2cccc(Cl)c2)cc1. The Morgan fingerprint density at radius 2 is 1.83 bits per heavy atom. The van der Waals surface area contributed by atoms with Crippen LogP contribution >= 0.6 is 11.6 Å². The molecule has 2 aromatic rings. The van der Waals surface area contributed by atoms with E-state index in [0.29, 0.717) is 23.1 Å². The molecule has 2 aromatic carbocycles. The third kappa shape index (κ3) is 4.39. The number of ether oxygens (including phenoxy) is 1. The Hall–Kier alpha value is -1.72. The molecule has 0 aliphatic carbocycles. The van der Waals surface area contributed by atoms with Gasteiger partial charge < -0.3 is 4.74 Å². The van der Waals surface area contributed by atoms with Gasteiger partial charge in [0.05, 0.1) is 17.2 Å². The molecule has 0 unspecified atom stereocenters. The van der Waals surface area contributed by atoms with Crippen LogP contribution in [0.25, 0.3) is 0 Å². The van der Waals surface area contributed by atoms with Crippen molar-refractivity contribution in [3.8, 4) is 5.75 Å². The van der Waals surface area contributed by atoms with Crippen LogP contribution in [0.4, 0.5) is 5.69 Å². The van der Waals surface area contributed by atoms with E-state index < -0.39 is 10.0 Å². The van der Waals surface area contributed by atoms with Gasteiger partial charge in [-0.15, -0.1) is 0 Å². The highest BCUT2D eigenvalue weighted by molar-refractivity contribution is 7.92. The van der Waals surface area contributed by atoms with Crippen molar-refractivity contribution in [3.05, 3.63) is 53.6 Å². The fourth-order valence-electron chi connectivity index (χ4n) is 2.01. The van der Waals surface area contributed by atoms with Gasteiger partial charge >= 0.3 is 0 Å². The van der Waals surface area contributed by atoms with Crippen molar-refractivity contribution in [2.24, 2.45) is 0 Å². The Balaban J connectivity index is 2.18. The average Bonchev–Trinajstić information content (AvgIpc) is 2.55. The zero-order valence-corrected chi connectivity index (χ0v) is 14.8. The first-order valence-corrected chi connectivity index (χ1v) is 9.24. The molecule has 0 aliphatic heterocycles. The summed E-state index contributed by atoms with van der Waals surface area (Å²) in [6, 6.07) is 13.2. The zero-order valence-electron chi connectivity index (χ0n) is 13.2. The van der Waals surface area contributed by atoms with Crippen LogP contribution in [0.15, 0.2) is 53.4 Å². The van der Waals surface area contributed by atoms with E-state index in [4.69, 9.17) is 16.3 Å². The van der Waals surface area contributed by atoms with Gasteiger partial charge in [-0.05, 0) is 48.9 Å². The summed E-state index contributed by atoms with van der Waals surface area (Å²) >= 11 is 5.93. The lowest BCUT2D eigenvalue weighted by Crippen LogP contribution is -2.26. The lowest BCUT2D eigenvalue weighted by atomic mass is 10.3. The number of unbranched alkanes of at least 4 members (excludes halogenated alkanes) is 1. The number of sulfonamides is 1. The van der Waals surface area contributed by atoms with Crippen molar-refractivity contribution < 1.29 is 13.2 Å². The Kier molecular flexibility index (Phi) is 5.91. The summed E-state index contributed by atoms with van der Waals surface area (Å²) in [5, 5.41) is 0.490. The molecule has 0 fully saturated rings. The molecule has 0 N–H and O–H groups in total. The van der Waals surface area contributed by atoms with Crippen LogP contribution in [0.5, 0.6) is 5.75 Å². The summed E-state index contributed by atoms with van der Waals surface area (Å²) in [5.74, 6) is 0.669. The number of halogens is 1. The molecule has 4 nitrogen and oxygen atoms in total. The Morgan fingerprint density at radius 3 is 2.43 bits per heavy atom. The van der Waals surface area contributed by atoms with Gasteiger partial charge in [0.2, 0.25) is 0 Å². The van der Waals surface area contributed by atoms with Gasteiger partial charge in [0.15, 0.2) is 0 Å². The minimum Gasteiger partial charge on any atom is -0.494 e. The van der Waals surface area contributed by atoms with Crippen LogP contribution in [-0.4, -0.2) is 22.1 Å². The maximum Gasteiger partial charge on any atom is 0.264 e. The smallest absolute Gasteiger partial charge is 0.264 e. The van der Waals surface area contributed by atoms with Crippen LogP contribution in [-0.2, 0) is 10.0 Å². The Labute approximate surface area is 142 Å². The lowest BCUT2D eigenvalue weighted by molar-refractivity contribution is 0.309. The maximum absolute atomic E-state index is 12.7. The van der Waals surface area contributed by atoms with E-state index in [9.17, 15) is 8.42 Å². The van der Waals surface area contributed by atoms with Gasteiger partial charge in [0.1, 0.15) is 5.75 Å². The topological polar surface area (TPSA) is 46.6 Å². The molecule has 0 radical (unpaired) electrons.